The van der Waals surface area contributed by atoms with Crippen LogP contribution in [0.1, 0.15) is 35.2 Å². The van der Waals surface area contributed by atoms with E-state index in [-0.39, 0.29) is 5.78 Å². The van der Waals surface area contributed by atoms with E-state index in [0.29, 0.717) is 0 Å². The molecule has 0 spiro atoms. The van der Waals surface area contributed by atoms with Crippen LogP contribution in [0.2, 0.25) is 0 Å². The maximum Gasteiger partial charge on any atom is 0.194 e. The Bertz CT molecular complexity index is 1680. The molecule has 4 nitrogen and oxygen atoms in total. The van der Waals surface area contributed by atoms with Gasteiger partial charge in [0.15, 0.2) is 5.78 Å². The number of carbonyl (C=O) groups excluding carboxylic acids is 1. The van der Waals surface area contributed by atoms with Crippen LogP contribution >= 0.6 is 0 Å². The fourth-order valence-corrected chi connectivity index (χ4v) is 5.97. The van der Waals surface area contributed by atoms with Crippen molar-refractivity contribution in [1.82, 2.24) is 4.98 Å². The first-order valence-electron chi connectivity index (χ1n) is 12.7. The maximum absolute atomic E-state index is 13.9. The van der Waals surface area contributed by atoms with E-state index < -0.39 is 0 Å². The lowest BCUT2D eigenvalue weighted by Crippen LogP contribution is -2.30. The van der Waals surface area contributed by atoms with Gasteiger partial charge >= 0.3 is 0 Å². The number of nitrogens with zero attached hydrogens (tertiary/aromatic N) is 2. The van der Waals surface area contributed by atoms with Crippen LogP contribution in [0.4, 0.5) is 5.82 Å². The number of hydrogen-bond acceptors (Lipinski definition) is 4. The molecule has 0 N–H and O–H groups in total. The van der Waals surface area contributed by atoms with Gasteiger partial charge in [0, 0.05) is 35.3 Å². The molecule has 0 bridgehead atoms. The standard InChI is InChI=1S/C32H26N2O2/c1-36-26-16-14-21-10-4-6-12-23(21)29(26)31-30-25(19-27(33-31)34-17-7-2-8-18-34)32(35)24-15-13-20-9-3-5-11-22(20)28(24)30/h3-6,9-16,19H,2,7-8,17-18H2,1H3. The van der Waals surface area contributed by atoms with Gasteiger partial charge in [-0.2, -0.15) is 0 Å². The molecular formula is C32H26N2O2. The van der Waals surface area contributed by atoms with Crippen LogP contribution in [0, 0.1) is 0 Å². The molecule has 0 saturated carbocycles. The van der Waals surface area contributed by atoms with Gasteiger partial charge < -0.3 is 9.64 Å². The summed E-state index contributed by atoms with van der Waals surface area (Å²) in [4.78, 5) is 21.6. The molecule has 0 atom stereocenters. The molecule has 1 saturated heterocycles. The normalized spacial score (nSPS) is 14.8. The molecule has 5 aromatic rings. The summed E-state index contributed by atoms with van der Waals surface area (Å²) < 4.78 is 5.92. The number of hydrogen-bond donors (Lipinski definition) is 0. The summed E-state index contributed by atoms with van der Waals surface area (Å²) in [6, 6.07) is 26.8. The van der Waals surface area contributed by atoms with Gasteiger partial charge in [0.25, 0.3) is 0 Å². The Kier molecular flexibility index (Phi) is 4.81. The molecule has 36 heavy (non-hydrogen) atoms. The predicted molar refractivity (Wildman–Crippen MR) is 146 cm³/mol. The number of anilines is 1. The number of aromatic nitrogens is 1. The quantitative estimate of drug-likeness (QED) is 0.273. The van der Waals surface area contributed by atoms with Gasteiger partial charge in [-0.25, -0.2) is 4.98 Å². The molecule has 7 rings (SSSR count). The Morgan fingerprint density at radius 3 is 2.11 bits per heavy atom. The highest BCUT2D eigenvalue weighted by Crippen LogP contribution is 2.49. The molecule has 1 fully saturated rings. The van der Waals surface area contributed by atoms with Crippen LogP contribution in [0.3, 0.4) is 0 Å². The van der Waals surface area contributed by atoms with Gasteiger partial charge in [-0.15, -0.1) is 0 Å². The van der Waals surface area contributed by atoms with Gasteiger partial charge in [-0.05, 0) is 59.0 Å². The van der Waals surface area contributed by atoms with Gasteiger partial charge in [-0.3, -0.25) is 4.79 Å². The largest absolute Gasteiger partial charge is 0.496 e. The first kappa shape index (κ1) is 21.1. The van der Waals surface area contributed by atoms with Crippen LogP contribution in [-0.4, -0.2) is 31.0 Å². The fraction of sp³-hybridized carbons (Fsp3) is 0.188. The van der Waals surface area contributed by atoms with Crippen molar-refractivity contribution in [3.8, 4) is 28.1 Å². The topological polar surface area (TPSA) is 42.4 Å². The third kappa shape index (κ3) is 3.07. The summed E-state index contributed by atoms with van der Waals surface area (Å²) in [5, 5.41) is 4.39. The Morgan fingerprint density at radius 2 is 1.39 bits per heavy atom. The number of ketones is 1. The van der Waals surface area contributed by atoms with E-state index in [1.165, 1.54) is 6.42 Å². The number of pyridine rings is 1. The Labute approximate surface area is 210 Å². The third-order valence-electron chi connectivity index (χ3n) is 7.70. The SMILES string of the molecule is COc1ccc2ccccc2c1-c1nc(N2CCCCC2)cc2c1-c1c(ccc3ccccc13)C2=O. The second-order valence-corrected chi connectivity index (χ2v) is 9.70. The molecule has 2 heterocycles. The van der Waals surface area contributed by atoms with Crippen molar-refractivity contribution in [2.75, 3.05) is 25.1 Å². The lowest BCUT2D eigenvalue weighted by atomic mass is 9.92. The number of carbonyl (C=O) groups is 1. The van der Waals surface area contributed by atoms with E-state index in [4.69, 9.17) is 9.72 Å². The fourth-order valence-electron chi connectivity index (χ4n) is 5.97. The molecule has 1 aromatic heterocycles. The predicted octanol–water partition coefficient (Wildman–Crippen LogP) is 7.27. The molecule has 4 heteroatoms. The summed E-state index contributed by atoms with van der Waals surface area (Å²) in [6.45, 7) is 1.92. The molecule has 176 valence electrons. The van der Waals surface area contributed by atoms with Gasteiger partial charge in [0.2, 0.25) is 0 Å². The second-order valence-electron chi connectivity index (χ2n) is 9.70. The van der Waals surface area contributed by atoms with Gasteiger partial charge in [0.05, 0.1) is 18.4 Å². The van der Waals surface area contributed by atoms with Gasteiger partial charge in [0.1, 0.15) is 11.6 Å². The highest BCUT2D eigenvalue weighted by atomic mass is 16.5. The monoisotopic (exact) mass is 470 g/mol. The van der Waals surface area contributed by atoms with Crippen molar-refractivity contribution in [2.24, 2.45) is 0 Å². The zero-order valence-electron chi connectivity index (χ0n) is 20.3. The number of benzene rings is 4. The van der Waals surface area contributed by atoms with Gasteiger partial charge in [-0.1, -0.05) is 60.7 Å². The van der Waals surface area contributed by atoms with Crippen LogP contribution in [0.15, 0.2) is 78.9 Å². The highest BCUT2D eigenvalue weighted by Gasteiger charge is 2.34. The van der Waals surface area contributed by atoms with Crippen LogP contribution < -0.4 is 9.64 Å². The molecule has 2 aliphatic rings. The van der Waals surface area contributed by atoms with Crippen molar-refractivity contribution in [1.29, 1.82) is 0 Å². The molecule has 1 aliphatic heterocycles. The number of methoxy groups -OCH3 is 1. The van der Waals surface area contributed by atoms with Crippen molar-refractivity contribution in [2.45, 2.75) is 19.3 Å². The average Bonchev–Trinajstić information content (AvgIpc) is 3.24. The maximum atomic E-state index is 13.9. The number of fused-ring (bicyclic) bond motifs is 6. The minimum Gasteiger partial charge on any atom is -0.496 e. The van der Waals surface area contributed by atoms with Crippen LogP contribution in [0.25, 0.3) is 43.9 Å². The van der Waals surface area contributed by atoms with E-state index >= 15 is 0 Å². The summed E-state index contributed by atoms with van der Waals surface area (Å²) in [5.41, 5.74) is 5.16. The summed E-state index contributed by atoms with van der Waals surface area (Å²) in [7, 11) is 1.71. The molecular weight excluding hydrogens is 444 g/mol. The van der Waals surface area contributed by atoms with Crippen molar-refractivity contribution in [3.05, 3.63) is 90.0 Å². The van der Waals surface area contributed by atoms with Crippen LogP contribution in [-0.2, 0) is 0 Å². The number of ether oxygens (including phenoxy) is 1. The average molecular weight is 471 g/mol. The van der Waals surface area contributed by atoms with E-state index in [1.807, 2.05) is 36.4 Å². The lowest BCUT2D eigenvalue weighted by molar-refractivity contribution is 0.104. The van der Waals surface area contributed by atoms with Crippen LogP contribution in [0.5, 0.6) is 5.75 Å². The third-order valence-corrected chi connectivity index (χ3v) is 7.70. The van der Waals surface area contributed by atoms with E-state index in [2.05, 4.69) is 47.4 Å². The molecule has 0 amide bonds. The summed E-state index contributed by atoms with van der Waals surface area (Å²) >= 11 is 0. The molecule has 4 aromatic carbocycles. The zero-order chi connectivity index (χ0) is 24.2. The molecule has 0 unspecified atom stereocenters. The van der Waals surface area contributed by atoms with E-state index in [1.54, 1.807) is 7.11 Å². The molecule has 0 radical (unpaired) electrons. The van der Waals surface area contributed by atoms with E-state index in [0.717, 1.165) is 92.6 Å². The van der Waals surface area contributed by atoms with Crippen molar-refractivity contribution in [3.63, 3.8) is 0 Å². The Balaban J connectivity index is 1.62. The first-order chi connectivity index (χ1) is 17.7. The van der Waals surface area contributed by atoms with E-state index in [9.17, 15) is 4.79 Å². The Hall–Kier alpha value is -4.18. The summed E-state index contributed by atoms with van der Waals surface area (Å²) in [6.07, 6.45) is 3.52. The number of rotatable bonds is 3. The smallest absolute Gasteiger partial charge is 0.194 e. The minimum absolute atomic E-state index is 0.0758. The summed E-state index contributed by atoms with van der Waals surface area (Å²) in [5.74, 6) is 1.72. The highest BCUT2D eigenvalue weighted by molar-refractivity contribution is 6.28. The zero-order valence-corrected chi connectivity index (χ0v) is 20.3. The lowest BCUT2D eigenvalue weighted by Gasteiger charge is -2.29. The first-order valence-corrected chi connectivity index (χ1v) is 12.7. The molecule has 1 aliphatic carbocycles. The second kappa shape index (κ2) is 8.20. The Morgan fingerprint density at radius 1 is 0.722 bits per heavy atom. The van der Waals surface area contributed by atoms with Crippen molar-refractivity contribution >= 4 is 33.1 Å². The number of piperidine rings is 1. The minimum atomic E-state index is 0.0758. The van der Waals surface area contributed by atoms with Crippen molar-refractivity contribution < 1.29 is 9.53 Å².